The van der Waals surface area contributed by atoms with E-state index in [1.165, 1.54) is 0 Å². The molecular weight excluding hydrogens is 292 g/mol. The molecule has 1 aromatic carbocycles. The molecule has 0 fully saturated rings. The van der Waals surface area contributed by atoms with Crippen molar-refractivity contribution in [1.29, 1.82) is 0 Å². The highest BCUT2D eigenvalue weighted by atomic mass is 16.5. The number of hydrogen-bond donors (Lipinski definition) is 2. The summed E-state index contributed by atoms with van der Waals surface area (Å²) in [6, 6.07) is 7.72. The van der Waals surface area contributed by atoms with Crippen molar-refractivity contribution in [2.75, 3.05) is 31.4 Å². The van der Waals surface area contributed by atoms with Gasteiger partial charge in [0.1, 0.15) is 5.82 Å². The van der Waals surface area contributed by atoms with E-state index in [-0.39, 0.29) is 0 Å². The van der Waals surface area contributed by atoms with Crippen LogP contribution >= 0.6 is 0 Å². The van der Waals surface area contributed by atoms with Gasteiger partial charge in [-0.05, 0) is 24.6 Å². The van der Waals surface area contributed by atoms with E-state index in [1.807, 2.05) is 31.2 Å². The molecule has 0 unspecified atom stereocenters. The van der Waals surface area contributed by atoms with Crippen molar-refractivity contribution >= 4 is 11.8 Å². The zero-order valence-electron chi connectivity index (χ0n) is 13.7. The van der Waals surface area contributed by atoms with Crippen LogP contribution in [0.5, 0.6) is 11.5 Å². The fourth-order valence-electron chi connectivity index (χ4n) is 2.08. The molecule has 0 aliphatic carbocycles. The minimum atomic E-state index is 0.583. The van der Waals surface area contributed by atoms with Crippen molar-refractivity contribution in [1.82, 2.24) is 9.97 Å². The molecular formula is C17H22N4O2. The Balaban J connectivity index is 2.08. The third-order valence-electron chi connectivity index (χ3n) is 3.18. The Kier molecular flexibility index (Phi) is 5.80. The van der Waals surface area contributed by atoms with E-state index < -0.39 is 0 Å². The van der Waals surface area contributed by atoms with Crippen LogP contribution in [0.3, 0.4) is 0 Å². The van der Waals surface area contributed by atoms with Crippen LogP contribution in [0, 0.1) is 6.92 Å². The van der Waals surface area contributed by atoms with Crippen molar-refractivity contribution in [2.24, 2.45) is 0 Å². The molecule has 6 heteroatoms. The van der Waals surface area contributed by atoms with Gasteiger partial charge in [-0.25, -0.2) is 4.98 Å². The Labute approximate surface area is 136 Å². The molecule has 2 aromatic rings. The molecule has 0 bridgehead atoms. The molecule has 0 aliphatic rings. The lowest BCUT2D eigenvalue weighted by Gasteiger charge is -2.11. The first-order valence-electron chi connectivity index (χ1n) is 7.31. The standard InChI is InChI=1S/C17H22N4O2/c1-5-8-18-17-20-12(2)9-16(21-17)19-11-13-6-7-14(22-3)15(10-13)23-4/h5-7,9-10H,1,8,11H2,2-4H3,(H2,18,19,20,21). The van der Waals surface area contributed by atoms with Gasteiger partial charge in [-0.3, -0.25) is 0 Å². The van der Waals surface area contributed by atoms with Gasteiger partial charge in [-0.2, -0.15) is 4.98 Å². The van der Waals surface area contributed by atoms with Gasteiger partial charge in [0.25, 0.3) is 0 Å². The van der Waals surface area contributed by atoms with Crippen LogP contribution in [0.25, 0.3) is 0 Å². The fraction of sp³-hybridized carbons (Fsp3) is 0.294. The van der Waals surface area contributed by atoms with Gasteiger partial charge in [-0.1, -0.05) is 12.1 Å². The van der Waals surface area contributed by atoms with Crippen LogP contribution in [0.1, 0.15) is 11.3 Å². The lowest BCUT2D eigenvalue weighted by molar-refractivity contribution is 0.354. The normalized spacial score (nSPS) is 10.0. The number of anilines is 2. The predicted molar refractivity (Wildman–Crippen MR) is 92.3 cm³/mol. The van der Waals surface area contributed by atoms with Gasteiger partial charge in [0.05, 0.1) is 14.2 Å². The van der Waals surface area contributed by atoms with Gasteiger partial charge in [0.15, 0.2) is 11.5 Å². The van der Waals surface area contributed by atoms with Crippen molar-refractivity contribution in [3.8, 4) is 11.5 Å². The third-order valence-corrected chi connectivity index (χ3v) is 3.18. The molecule has 2 rings (SSSR count). The second-order valence-electron chi connectivity index (χ2n) is 4.93. The number of rotatable bonds is 8. The van der Waals surface area contributed by atoms with Gasteiger partial charge in [0, 0.05) is 24.8 Å². The van der Waals surface area contributed by atoms with E-state index in [1.54, 1.807) is 20.3 Å². The molecule has 1 heterocycles. The average molecular weight is 314 g/mol. The topological polar surface area (TPSA) is 68.3 Å². The number of methoxy groups -OCH3 is 2. The van der Waals surface area contributed by atoms with E-state index in [0.29, 0.717) is 30.5 Å². The second-order valence-corrected chi connectivity index (χ2v) is 4.93. The number of nitrogens with one attached hydrogen (secondary N) is 2. The predicted octanol–water partition coefficient (Wildman–Crippen LogP) is 3.01. The molecule has 0 radical (unpaired) electrons. The minimum absolute atomic E-state index is 0.583. The summed E-state index contributed by atoms with van der Waals surface area (Å²) in [6.45, 7) is 6.85. The van der Waals surface area contributed by atoms with Crippen molar-refractivity contribution < 1.29 is 9.47 Å². The maximum absolute atomic E-state index is 5.31. The van der Waals surface area contributed by atoms with E-state index in [2.05, 4.69) is 27.2 Å². The number of nitrogens with zero attached hydrogens (tertiary/aromatic N) is 2. The number of ether oxygens (including phenoxy) is 2. The van der Waals surface area contributed by atoms with Crippen molar-refractivity contribution in [3.05, 3.63) is 48.2 Å². The van der Waals surface area contributed by atoms with Crippen LogP contribution in [-0.2, 0) is 6.54 Å². The number of aromatic nitrogens is 2. The highest BCUT2D eigenvalue weighted by Crippen LogP contribution is 2.27. The molecule has 1 aromatic heterocycles. The van der Waals surface area contributed by atoms with Crippen LogP contribution in [0.2, 0.25) is 0 Å². The lowest BCUT2D eigenvalue weighted by Crippen LogP contribution is -2.08. The van der Waals surface area contributed by atoms with Gasteiger partial charge in [0.2, 0.25) is 5.95 Å². The third kappa shape index (κ3) is 4.60. The fourth-order valence-corrected chi connectivity index (χ4v) is 2.08. The molecule has 122 valence electrons. The number of aryl methyl sites for hydroxylation is 1. The summed E-state index contributed by atoms with van der Waals surface area (Å²) >= 11 is 0. The van der Waals surface area contributed by atoms with E-state index in [9.17, 15) is 0 Å². The number of benzene rings is 1. The summed E-state index contributed by atoms with van der Waals surface area (Å²) in [5.74, 6) is 2.77. The summed E-state index contributed by atoms with van der Waals surface area (Å²) in [5.41, 5.74) is 1.96. The zero-order chi connectivity index (χ0) is 16.7. The largest absolute Gasteiger partial charge is 0.493 e. The summed E-state index contributed by atoms with van der Waals surface area (Å²) < 4.78 is 10.6. The summed E-state index contributed by atoms with van der Waals surface area (Å²) in [7, 11) is 3.25. The maximum Gasteiger partial charge on any atom is 0.225 e. The van der Waals surface area contributed by atoms with Gasteiger partial charge in [-0.15, -0.1) is 6.58 Å². The first-order chi connectivity index (χ1) is 11.2. The molecule has 0 aliphatic heterocycles. The van der Waals surface area contributed by atoms with Gasteiger partial charge < -0.3 is 20.1 Å². The Bertz CT molecular complexity index is 674. The molecule has 6 nitrogen and oxygen atoms in total. The van der Waals surface area contributed by atoms with Crippen LogP contribution < -0.4 is 20.1 Å². The van der Waals surface area contributed by atoms with E-state index >= 15 is 0 Å². The van der Waals surface area contributed by atoms with Crippen molar-refractivity contribution in [3.63, 3.8) is 0 Å². The highest BCUT2D eigenvalue weighted by molar-refractivity contribution is 5.46. The molecule has 0 saturated heterocycles. The summed E-state index contributed by atoms with van der Waals surface area (Å²) in [6.07, 6.45) is 1.77. The molecule has 0 amide bonds. The van der Waals surface area contributed by atoms with Gasteiger partial charge >= 0.3 is 0 Å². The minimum Gasteiger partial charge on any atom is -0.493 e. The summed E-state index contributed by atoms with van der Waals surface area (Å²) in [4.78, 5) is 8.76. The SMILES string of the molecule is C=CCNc1nc(C)cc(NCc2ccc(OC)c(OC)c2)n1. The first kappa shape index (κ1) is 16.6. The van der Waals surface area contributed by atoms with E-state index in [4.69, 9.17) is 9.47 Å². The molecule has 0 spiro atoms. The smallest absolute Gasteiger partial charge is 0.225 e. The summed E-state index contributed by atoms with van der Waals surface area (Å²) in [5, 5.41) is 6.38. The average Bonchev–Trinajstić information content (AvgIpc) is 2.57. The van der Waals surface area contributed by atoms with E-state index in [0.717, 1.165) is 17.1 Å². The Hall–Kier alpha value is -2.76. The molecule has 2 N–H and O–H groups in total. The molecule has 0 atom stereocenters. The van der Waals surface area contributed by atoms with Crippen molar-refractivity contribution in [2.45, 2.75) is 13.5 Å². The number of hydrogen-bond acceptors (Lipinski definition) is 6. The quantitative estimate of drug-likeness (QED) is 0.730. The first-order valence-corrected chi connectivity index (χ1v) is 7.31. The maximum atomic E-state index is 5.31. The highest BCUT2D eigenvalue weighted by Gasteiger charge is 2.06. The monoisotopic (exact) mass is 314 g/mol. The van der Waals surface area contributed by atoms with Crippen LogP contribution in [0.15, 0.2) is 36.9 Å². The van der Waals surface area contributed by atoms with Crippen LogP contribution in [0.4, 0.5) is 11.8 Å². The Morgan fingerprint density at radius 3 is 2.57 bits per heavy atom. The lowest BCUT2D eigenvalue weighted by atomic mass is 10.2. The van der Waals surface area contributed by atoms with Crippen LogP contribution in [-0.4, -0.2) is 30.7 Å². The zero-order valence-corrected chi connectivity index (χ0v) is 13.7. The molecule has 23 heavy (non-hydrogen) atoms. The Morgan fingerprint density at radius 1 is 1.09 bits per heavy atom. The molecule has 0 saturated carbocycles. The Morgan fingerprint density at radius 2 is 1.87 bits per heavy atom. The second kappa shape index (κ2) is 8.03.